The van der Waals surface area contributed by atoms with Gasteiger partial charge in [0.1, 0.15) is 5.01 Å². The summed E-state index contributed by atoms with van der Waals surface area (Å²) in [6.07, 6.45) is 2.13. The summed E-state index contributed by atoms with van der Waals surface area (Å²) in [6.45, 7) is 0.824. The molecule has 0 aliphatic rings. The summed E-state index contributed by atoms with van der Waals surface area (Å²) in [7, 11) is 0. The summed E-state index contributed by atoms with van der Waals surface area (Å²) in [5.74, 6) is 0. The van der Waals surface area contributed by atoms with Crippen molar-refractivity contribution in [1.29, 1.82) is 0 Å². The lowest BCUT2D eigenvalue weighted by Crippen LogP contribution is -1.96. The third-order valence-corrected chi connectivity index (χ3v) is 4.89. The van der Waals surface area contributed by atoms with E-state index in [0.717, 1.165) is 21.5 Å². The van der Waals surface area contributed by atoms with Crippen LogP contribution in [-0.4, -0.2) is 9.55 Å². The van der Waals surface area contributed by atoms with Gasteiger partial charge in [-0.3, -0.25) is 0 Å². The first kappa shape index (κ1) is 12.1. The number of rotatable bonds is 2. The number of fused-ring (bicyclic) bond motifs is 2. The van der Waals surface area contributed by atoms with Gasteiger partial charge < -0.3 is 4.57 Å². The average Bonchev–Trinajstić information content (AvgIpc) is 3.02. The molecule has 2 nitrogen and oxygen atoms in total. The fourth-order valence-corrected chi connectivity index (χ4v) is 3.79. The van der Waals surface area contributed by atoms with Crippen molar-refractivity contribution in [2.75, 3.05) is 0 Å². The summed E-state index contributed by atoms with van der Waals surface area (Å²) in [4.78, 5) is 4.70. The van der Waals surface area contributed by atoms with E-state index in [1.807, 2.05) is 6.07 Å². The molecule has 2 aromatic heterocycles. The standard InChI is InChI=1S/C16H11BrN2S/c17-12-5-6-14-11(9-12)7-8-19(14)10-16-18-13-3-1-2-4-15(13)20-16/h1-9H,10H2. The topological polar surface area (TPSA) is 17.8 Å². The Morgan fingerprint density at radius 1 is 1.10 bits per heavy atom. The van der Waals surface area contributed by atoms with Crippen LogP contribution < -0.4 is 0 Å². The molecule has 0 saturated heterocycles. The van der Waals surface area contributed by atoms with Gasteiger partial charge in [0.05, 0.1) is 16.8 Å². The molecule has 0 aliphatic carbocycles. The highest BCUT2D eigenvalue weighted by molar-refractivity contribution is 9.10. The van der Waals surface area contributed by atoms with Gasteiger partial charge in [-0.2, -0.15) is 0 Å². The van der Waals surface area contributed by atoms with Crippen LogP contribution >= 0.6 is 27.3 Å². The Labute approximate surface area is 128 Å². The van der Waals surface area contributed by atoms with Gasteiger partial charge >= 0.3 is 0 Å². The zero-order valence-electron chi connectivity index (χ0n) is 10.6. The van der Waals surface area contributed by atoms with Gasteiger partial charge in [-0.15, -0.1) is 11.3 Å². The molecule has 0 amide bonds. The lowest BCUT2D eigenvalue weighted by Gasteiger charge is -2.02. The van der Waals surface area contributed by atoms with Gasteiger partial charge in [-0.05, 0) is 36.4 Å². The molecular formula is C16H11BrN2S. The van der Waals surface area contributed by atoms with Crippen LogP contribution in [0.25, 0.3) is 21.1 Å². The minimum atomic E-state index is 0.824. The zero-order chi connectivity index (χ0) is 13.5. The van der Waals surface area contributed by atoms with Crippen LogP contribution in [0.3, 0.4) is 0 Å². The maximum atomic E-state index is 4.70. The van der Waals surface area contributed by atoms with Crippen molar-refractivity contribution in [3.63, 3.8) is 0 Å². The molecule has 0 atom stereocenters. The highest BCUT2D eigenvalue weighted by Crippen LogP contribution is 2.25. The first-order valence-electron chi connectivity index (χ1n) is 6.38. The van der Waals surface area contributed by atoms with Crippen molar-refractivity contribution in [3.05, 3.63) is 64.2 Å². The molecule has 4 rings (SSSR count). The molecule has 4 aromatic rings. The zero-order valence-corrected chi connectivity index (χ0v) is 13.0. The van der Waals surface area contributed by atoms with E-state index in [9.17, 15) is 0 Å². The molecule has 20 heavy (non-hydrogen) atoms. The van der Waals surface area contributed by atoms with E-state index < -0.39 is 0 Å². The number of hydrogen-bond donors (Lipinski definition) is 0. The van der Waals surface area contributed by atoms with Crippen LogP contribution in [0.1, 0.15) is 5.01 Å². The van der Waals surface area contributed by atoms with Crippen LogP contribution in [-0.2, 0) is 6.54 Å². The number of thiazole rings is 1. The Hall–Kier alpha value is -1.65. The third-order valence-electron chi connectivity index (χ3n) is 3.38. The summed E-state index contributed by atoms with van der Waals surface area (Å²) in [5.41, 5.74) is 2.33. The lowest BCUT2D eigenvalue weighted by molar-refractivity contribution is 0.831. The second kappa shape index (κ2) is 4.72. The van der Waals surface area contributed by atoms with Crippen LogP contribution in [0.5, 0.6) is 0 Å². The molecule has 0 bridgehead atoms. The molecule has 98 valence electrons. The normalized spacial score (nSPS) is 11.4. The van der Waals surface area contributed by atoms with Crippen molar-refractivity contribution < 1.29 is 0 Å². The van der Waals surface area contributed by atoms with E-state index in [4.69, 9.17) is 4.98 Å². The maximum Gasteiger partial charge on any atom is 0.114 e. The molecule has 2 heterocycles. The predicted octanol–water partition coefficient (Wildman–Crippen LogP) is 5.06. The van der Waals surface area contributed by atoms with Gasteiger partial charge in [-0.1, -0.05) is 28.1 Å². The molecule has 0 spiro atoms. The summed E-state index contributed by atoms with van der Waals surface area (Å²) < 4.78 is 4.61. The molecule has 0 saturated carbocycles. The van der Waals surface area contributed by atoms with Gasteiger partial charge in [0.2, 0.25) is 0 Å². The summed E-state index contributed by atoms with van der Waals surface area (Å²) in [6, 6.07) is 16.8. The van der Waals surface area contributed by atoms with E-state index in [1.165, 1.54) is 15.6 Å². The minimum Gasteiger partial charge on any atom is -0.341 e. The second-order valence-corrected chi connectivity index (χ2v) is 6.75. The highest BCUT2D eigenvalue weighted by atomic mass is 79.9. The van der Waals surface area contributed by atoms with Crippen LogP contribution in [0.4, 0.5) is 0 Å². The van der Waals surface area contributed by atoms with E-state index in [0.29, 0.717) is 0 Å². The molecule has 4 heteroatoms. The molecular weight excluding hydrogens is 332 g/mol. The first-order valence-corrected chi connectivity index (χ1v) is 7.99. The largest absolute Gasteiger partial charge is 0.341 e. The Morgan fingerprint density at radius 3 is 2.90 bits per heavy atom. The predicted molar refractivity (Wildman–Crippen MR) is 88.4 cm³/mol. The monoisotopic (exact) mass is 342 g/mol. The Balaban J connectivity index is 1.76. The van der Waals surface area contributed by atoms with E-state index in [2.05, 4.69) is 69.2 Å². The SMILES string of the molecule is Brc1ccc2c(ccn2Cc2nc3ccccc3s2)c1. The Kier molecular flexibility index (Phi) is 2.86. The molecule has 0 radical (unpaired) electrons. The van der Waals surface area contributed by atoms with Gasteiger partial charge in [-0.25, -0.2) is 4.98 Å². The molecule has 2 aromatic carbocycles. The summed E-state index contributed by atoms with van der Waals surface area (Å²) in [5, 5.41) is 2.40. The van der Waals surface area contributed by atoms with Crippen molar-refractivity contribution in [2.45, 2.75) is 6.54 Å². The van der Waals surface area contributed by atoms with E-state index in [1.54, 1.807) is 11.3 Å². The number of aromatic nitrogens is 2. The molecule has 0 aliphatic heterocycles. The minimum absolute atomic E-state index is 0.824. The quantitative estimate of drug-likeness (QED) is 0.497. The smallest absolute Gasteiger partial charge is 0.114 e. The van der Waals surface area contributed by atoms with Crippen LogP contribution in [0.2, 0.25) is 0 Å². The van der Waals surface area contributed by atoms with Crippen LogP contribution in [0, 0.1) is 0 Å². The Bertz CT molecular complexity index is 874. The number of halogens is 1. The number of benzene rings is 2. The molecule has 0 fully saturated rings. The van der Waals surface area contributed by atoms with Crippen molar-refractivity contribution in [2.24, 2.45) is 0 Å². The fourth-order valence-electron chi connectivity index (χ4n) is 2.44. The average molecular weight is 343 g/mol. The fraction of sp³-hybridized carbons (Fsp3) is 0.0625. The number of para-hydroxylation sites is 1. The van der Waals surface area contributed by atoms with E-state index >= 15 is 0 Å². The van der Waals surface area contributed by atoms with Gasteiger partial charge in [0.15, 0.2) is 0 Å². The van der Waals surface area contributed by atoms with E-state index in [-0.39, 0.29) is 0 Å². The summed E-state index contributed by atoms with van der Waals surface area (Å²) >= 11 is 5.28. The number of hydrogen-bond acceptors (Lipinski definition) is 2. The lowest BCUT2D eigenvalue weighted by atomic mass is 10.2. The molecule has 0 N–H and O–H groups in total. The van der Waals surface area contributed by atoms with Crippen LogP contribution in [0.15, 0.2) is 59.2 Å². The van der Waals surface area contributed by atoms with Crippen molar-refractivity contribution in [1.82, 2.24) is 9.55 Å². The van der Waals surface area contributed by atoms with Crippen molar-refractivity contribution in [3.8, 4) is 0 Å². The molecule has 0 unspecified atom stereocenters. The highest BCUT2D eigenvalue weighted by Gasteiger charge is 2.06. The van der Waals surface area contributed by atoms with Crippen molar-refractivity contribution >= 4 is 48.4 Å². The van der Waals surface area contributed by atoms with Gasteiger partial charge in [0.25, 0.3) is 0 Å². The maximum absolute atomic E-state index is 4.70. The first-order chi connectivity index (χ1) is 9.79. The van der Waals surface area contributed by atoms with Gasteiger partial charge in [0, 0.05) is 21.6 Å². The Morgan fingerprint density at radius 2 is 2.00 bits per heavy atom. The number of nitrogens with zero attached hydrogens (tertiary/aromatic N) is 2. The second-order valence-electron chi connectivity index (χ2n) is 4.72. The third kappa shape index (κ3) is 2.05.